The van der Waals surface area contributed by atoms with Crippen LogP contribution in [0.3, 0.4) is 0 Å². The van der Waals surface area contributed by atoms with Crippen LogP contribution in [0.4, 0.5) is 8.78 Å². The lowest BCUT2D eigenvalue weighted by atomic mass is 10.0. The fourth-order valence-corrected chi connectivity index (χ4v) is 0.634. The molecule has 0 aliphatic rings. The Kier molecular flexibility index (Phi) is 4.92. The second-order valence-corrected chi connectivity index (χ2v) is 2.43. The predicted molar refractivity (Wildman–Crippen MR) is 36.1 cm³/mol. The molecule has 0 aromatic rings. The number of halogens is 2. The van der Waals surface area contributed by atoms with Gasteiger partial charge in [-0.1, -0.05) is 0 Å². The molecule has 0 saturated heterocycles. The number of carbonyl (C=O) groups is 1. The van der Waals surface area contributed by atoms with Gasteiger partial charge in [0, 0.05) is 0 Å². The van der Waals surface area contributed by atoms with Gasteiger partial charge in [0.1, 0.15) is 24.4 Å². The zero-order valence-electron chi connectivity index (χ0n) is 6.42. The van der Waals surface area contributed by atoms with E-state index >= 15 is 0 Å². The lowest BCUT2D eigenvalue weighted by Crippen LogP contribution is -2.47. The molecule has 0 unspecified atom stereocenters. The van der Waals surface area contributed by atoms with Gasteiger partial charge in [-0.2, -0.15) is 0 Å². The van der Waals surface area contributed by atoms with Crippen LogP contribution in [-0.2, 0) is 4.79 Å². The maximum atomic E-state index is 11.7. The molecule has 0 aliphatic carbocycles. The van der Waals surface area contributed by atoms with E-state index in [1.54, 1.807) is 0 Å². The van der Waals surface area contributed by atoms with Crippen LogP contribution in [0.5, 0.6) is 0 Å². The van der Waals surface area contributed by atoms with E-state index in [2.05, 4.69) is 0 Å². The molecule has 0 rings (SSSR count). The summed E-state index contributed by atoms with van der Waals surface area (Å²) in [5, 5.41) is 34.7. The first-order valence-corrected chi connectivity index (χ1v) is 3.37. The third-order valence-electron chi connectivity index (χ3n) is 1.45. The van der Waals surface area contributed by atoms with Crippen LogP contribution in [0.15, 0.2) is 0 Å². The summed E-state index contributed by atoms with van der Waals surface area (Å²) in [6.07, 6.45) is -12.3. The number of hydrogen-bond acceptors (Lipinski definition) is 5. The molecule has 0 saturated carbocycles. The van der Waals surface area contributed by atoms with Gasteiger partial charge in [-0.05, 0) is 0 Å². The maximum absolute atomic E-state index is 11.7. The highest BCUT2D eigenvalue weighted by atomic mass is 19.3. The molecule has 0 spiro atoms. The Morgan fingerprint density at radius 1 is 0.923 bits per heavy atom. The van der Waals surface area contributed by atoms with Gasteiger partial charge >= 0.3 is 0 Å². The predicted octanol–water partition coefficient (Wildman–Crippen LogP) is -2.11. The third-order valence-corrected chi connectivity index (χ3v) is 1.45. The standard InChI is InChI=1S/C6H10F2O5/c7-6(8)5(13)4(12)3(11)2(10)1-9/h1-6,10-13H/t2-,3+,4+,5-/m1/s1. The Balaban J connectivity index is 4.23. The van der Waals surface area contributed by atoms with E-state index in [0.717, 1.165) is 0 Å². The number of rotatable bonds is 5. The second kappa shape index (κ2) is 5.18. The first-order chi connectivity index (χ1) is 5.91. The van der Waals surface area contributed by atoms with Crippen molar-refractivity contribution in [1.82, 2.24) is 0 Å². The fraction of sp³-hybridized carbons (Fsp3) is 0.833. The molecule has 78 valence electrons. The van der Waals surface area contributed by atoms with Crippen LogP contribution in [0.1, 0.15) is 0 Å². The average molecular weight is 200 g/mol. The first kappa shape index (κ1) is 12.4. The van der Waals surface area contributed by atoms with Crippen molar-refractivity contribution in [3.8, 4) is 0 Å². The van der Waals surface area contributed by atoms with Crippen LogP contribution < -0.4 is 0 Å². The Morgan fingerprint density at radius 2 is 1.38 bits per heavy atom. The van der Waals surface area contributed by atoms with Crippen LogP contribution >= 0.6 is 0 Å². The van der Waals surface area contributed by atoms with Gasteiger partial charge in [0.2, 0.25) is 0 Å². The highest BCUT2D eigenvalue weighted by molar-refractivity contribution is 5.56. The van der Waals surface area contributed by atoms with Crippen molar-refractivity contribution in [2.75, 3.05) is 0 Å². The molecule has 0 amide bonds. The number of aldehydes is 1. The minimum absolute atomic E-state index is 0.133. The Hall–Kier alpha value is -0.630. The molecule has 0 aromatic heterocycles. The van der Waals surface area contributed by atoms with Crippen molar-refractivity contribution >= 4 is 6.29 Å². The first-order valence-electron chi connectivity index (χ1n) is 3.37. The molecule has 4 N–H and O–H groups in total. The summed E-state index contributed by atoms with van der Waals surface area (Å²) in [6.45, 7) is 0. The van der Waals surface area contributed by atoms with Crippen molar-refractivity contribution in [3.05, 3.63) is 0 Å². The molecule has 0 fully saturated rings. The molecular formula is C6H10F2O5. The van der Waals surface area contributed by atoms with Crippen LogP contribution in [0.2, 0.25) is 0 Å². The number of carbonyl (C=O) groups excluding carboxylic acids is 1. The zero-order valence-corrected chi connectivity index (χ0v) is 6.42. The topological polar surface area (TPSA) is 98.0 Å². The Labute approximate surface area is 72.2 Å². The van der Waals surface area contributed by atoms with Gasteiger partial charge in [0.15, 0.2) is 6.29 Å². The minimum atomic E-state index is -3.26. The average Bonchev–Trinajstić information content (AvgIpc) is 2.12. The summed E-state index contributed by atoms with van der Waals surface area (Å²) in [5.41, 5.74) is 0. The van der Waals surface area contributed by atoms with E-state index in [1.165, 1.54) is 0 Å². The molecular weight excluding hydrogens is 190 g/mol. The van der Waals surface area contributed by atoms with Gasteiger partial charge in [-0.25, -0.2) is 8.78 Å². The molecule has 7 heteroatoms. The summed E-state index contributed by atoms with van der Waals surface area (Å²) in [6, 6.07) is 0. The number of hydrogen-bond donors (Lipinski definition) is 4. The van der Waals surface area contributed by atoms with Crippen molar-refractivity contribution in [2.45, 2.75) is 30.8 Å². The van der Waals surface area contributed by atoms with E-state index < -0.39 is 30.8 Å². The van der Waals surface area contributed by atoms with E-state index in [-0.39, 0.29) is 6.29 Å². The molecule has 0 radical (unpaired) electrons. The van der Waals surface area contributed by atoms with Gasteiger partial charge in [0.25, 0.3) is 6.43 Å². The molecule has 4 atom stereocenters. The molecule has 0 aliphatic heterocycles. The van der Waals surface area contributed by atoms with E-state index in [9.17, 15) is 13.6 Å². The highest BCUT2D eigenvalue weighted by Gasteiger charge is 2.34. The van der Waals surface area contributed by atoms with E-state index in [1.807, 2.05) is 0 Å². The van der Waals surface area contributed by atoms with Crippen LogP contribution in [-0.4, -0.2) is 57.6 Å². The van der Waals surface area contributed by atoms with E-state index in [0.29, 0.717) is 0 Å². The molecule has 0 bridgehead atoms. The number of alkyl halides is 2. The van der Waals surface area contributed by atoms with Gasteiger partial charge in [-0.15, -0.1) is 0 Å². The SMILES string of the molecule is O=C[C@@H](O)[C@H](O)[C@H](O)[C@@H](O)C(F)F. The summed E-state index contributed by atoms with van der Waals surface area (Å²) in [4.78, 5) is 9.85. The van der Waals surface area contributed by atoms with Gasteiger partial charge < -0.3 is 25.2 Å². The summed E-state index contributed by atoms with van der Waals surface area (Å²) >= 11 is 0. The lowest BCUT2D eigenvalue weighted by Gasteiger charge is -2.23. The van der Waals surface area contributed by atoms with Gasteiger partial charge in [0.05, 0.1) is 0 Å². The second-order valence-electron chi connectivity index (χ2n) is 2.43. The van der Waals surface area contributed by atoms with E-state index in [4.69, 9.17) is 20.4 Å². The minimum Gasteiger partial charge on any atom is -0.387 e. The Morgan fingerprint density at radius 3 is 1.69 bits per heavy atom. The monoisotopic (exact) mass is 200 g/mol. The quantitative estimate of drug-likeness (QED) is 0.381. The zero-order chi connectivity index (χ0) is 10.6. The van der Waals surface area contributed by atoms with Crippen molar-refractivity contribution < 1.29 is 34.0 Å². The molecule has 0 aromatic carbocycles. The van der Waals surface area contributed by atoms with Gasteiger partial charge in [-0.3, -0.25) is 0 Å². The fourth-order valence-electron chi connectivity index (χ4n) is 0.634. The van der Waals surface area contributed by atoms with Crippen LogP contribution in [0, 0.1) is 0 Å². The summed E-state index contributed by atoms with van der Waals surface area (Å²) in [7, 11) is 0. The van der Waals surface area contributed by atoms with Crippen molar-refractivity contribution in [1.29, 1.82) is 0 Å². The maximum Gasteiger partial charge on any atom is 0.266 e. The number of aliphatic hydroxyl groups is 4. The third kappa shape index (κ3) is 3.31. The van der Waals surface area contributed by atoms with Crippen molar-refractivity contribution in [3.63, 3.8) is 0 Å². The Bertz CT molecular complexity index is 165. The van der Waals surface area contributed by atoms with Crippen LogP contribution in [0.25, 0.3) is 0 Å². The lowest BCUT2D eigenvalue weighted by molar-refractivity contribution is -0.149. The molecule has 0 heterocycles. The van der Waals surface area contributed by atoms with Crippen molar-refractivity contribution in [2.24, 2.45) is 0 Å². The molecule has 13 heavy (non-hydrogen) atoms. The largest absolute Gasteiger partial charge is 0.387 e. The number of aliphatic hydroxyl groups excluding tert-OH is 4. The highest BCUT2D eigenvalue weighted by Crippen LogP contribution is 2.10. The molecule has 5 nitrogen and oxygen atoms in total. The smallest absolute Gasteiger partial charge is 0.266 e. The normalized spacial score (nSPS) is 20.8. The summed E-state index contributed by atoms with van der Waals surface area (Å²) < 4.78 is 23.4. The summed E-state index contributed by atoms with van der Waals surface area (Å²) in [5.74, 6) is 0.